The Morgan fingerprint density at radius 2 is 2.18 bits per heavy atom. The average Bonchev–Trinajstić information content (AvgIpc) is 2.81. The molecule has 2 rings (SSSR count). The van der Waals surface area contributed by atoms with Crippen LogP contribution in [0.1, 0.15) is 10.4 Å². The van der Waals surface area contributed by atoms with E-state index < -0.39 is 5.97 Å². The molecule has 88 valence electrons. The van der Waals surface area contributed by atoms with E-state index in [0.717, 1.165) is 14.1 Å². The zero-order valence-corrected chi connectivity index (χ0v) is 11.4. The third-order valence-corrected chi connectivity index (χ3v) is 4.75. The van der Waals surface area contributed by atoms with Crippen LogP contribution in [0.4, 0.5) is 0 Å². The van der Waals surface area contributed by atoms with Gasteiger partial charge in [-0.15, -0.1) is 23.1 Å². The lowest BCUT2D eigenvalue weighted by molar-refractivity contribution is 0.0689. The Bertz CT molecular complexity index is 526. The molecule has 0 atom stereocenters. The second kappa shape index (κ2) is 5.57. The molecule has 1 aromatic heterocycles. The summed E-state index contributed by atoms with van der Waals surface area (Å²) in [5.41, 5.74) is 0.361. The Balaban J connectivity index is 2.42. The smallest absolute Gasteiger partial charge is 0.337 e. The molecular formula is C11H9NO2S3. The van der Waals surface area contributed by atoms with Crippen molar-refractivity contribution in [2.75, 3.05) is 6.26 Å². The van der Waals surface area contributed by atoms with E-state index in [9.17, 15) is 9.90 Å². The van der Waals surface area contributed by atoms with E-state index in [1.165, 1.54) is 34.9 Å². The van der Waals surface area contributed by atoms with Crippen molar-refractivity contribution in [1.29, 1.82) is 0 Å². The Morgan fingerprint density at radius 1 is 1.41 bits per heavy atom. The zero-order chi connectivity index (χ0) is 12.3. The molecule has 0 aliphatic carbocycles. The highest BCUT2D eigenvalue weighted by molar-refractivity contribution is 8.01. The number of carboxylic acid groups (broad SMARTS) is 1. The van der Waals surface area contributed by atoms with Gasteiger partial charge in [-0.1, -0.05) is 17.8 Å². The van der Waals surface area contributed by atoms with Crippen LogP contribution in [0.3, 0.4) is 0 Å². The molecule has 0 bridgehead atoms. The first kappa shape index (κ1) is 12.5. The van der Waals surface area contributed by atoms with Gasteiger partial charge in [0, 0.05) is 21.4 Å². The number of aromatic nitrogens is 1. The van der Waals surface area contributed by atoms with Crippen LogP contribution in [0.25, 0.3) is 0 Å². The van der Waals surface area contributed by atoms with Crippen LogP contribution in [0.15, 0.2) is 43.9 Å². The van der Waals surface area contributed by atoms with Gasteiger partial charge in [0.1, 0.15) is 0 Å². The number of nitrogens with zero attached hydrogens (tertiary/aromatic N) is 1. The number of carbonyl (C=O) groups is 1. The molecule has 0 radical (unpaired) electrons. The van der Waals surface area contributed by atoms with Gasteiger partial charge >= 0.3 is 5.97 Å². The second-order valence-corrected chi connectivity index (χ2v) is 6.07. The van der Waals surface area contributed by atoms with E-state index in [0.29, 0.717) is 5.56 Å². The van der Waals surface area contributed by atoms with Crippen LogP contribution in [0.2, 0.25) is 0 Å². The summed E-state index contributed by atoms with van der Waals surface area (Å²) in [6.45, 7) is 0. The fraction of sp³-hybridized carbons (Fsp3) is 0.0909. The van der Waals surface area contributed by atoms with Gasteiger partial charge in [0.05, 0.1) is 5.56 Å². The Morgan fingerprint density at radius 3 is 2.76 bits per heavy atom. The molecule has 0 unspecified atom stereocenters. The quantitative estimate of drug-likeness (QED) is 0.867. The van der Waals surface area contributed by atoms with Gasteiger partial charge in [0.2, 0.25) is 0 Å². The molecule has 0 saturated heterocycles. The fourth-order valence-electron chi connectivity index (χ4n) is 1.33. The minimum Gasteiger partial charge on any atom is -0.478 e. The van der Waals surface area contributed by atoms with Crippen LogP contribution in [-0.4, -0.2) is 22.3 Å². The van der Waals surface area contributed by atoms with E-state index in [1.54, 1.807) is 6.20 Å². The highest BCUT2D eigenvalue weighted by Crippen LogP contribution is 2.35. The normalized spacial score (nSPS) is 10.4. The summed E-state index contributed by atoms with van der Waals surface area (Å²) in [6.07, 6.45) is 3.59. The first-order chi connectivity index (χ1) is 8.22. The Kier molecular flexibility index (Phi) is 4.09. The van der Waals surface area contributed by atoms with Crippen molar-refractivity contribution in [3.8, 4) is 0 Å². The van der Waals surface area contributed by atoms with Crippen LogP contribution < -0.4 is 0 Å². The summed E-state index contributed by atoms with van der Waals surface area (Å²) in [7, 11) is 0. The Hall–Kier alpha value is -0.980. The largest absolute Gasteiger partial charge is 0.478 e. The molecular weight excluding hydrogens is 274 g/mol. The molecule has 17 heavy (non-hydrogen) atoms. The highest BCUT2D eigenvalue weighted by Gasteiger charge is 2.16. The first-order valence-corrected chi connectivity index (χ1v) is 7.62. The van der Waals surface area contributed by atoms with Crippen molar-refractivity contribution in [1.82, 2.24) is 4.98 Å². The summed E-state index contributed by atoms with van der Waals surface area (Å²) in [5.74, 6) is -0.894. The number of rotatable bonds is 4. The molecule has 0 amide bonds. The van der Waals surface area contributed by atoms with Crippen LogP contribution >= 0.6 is 34.9 Å². The van der Waals surface area contributed by atoms with Gasteiger partial charge < -0.3 is 5.11 Å². The summed E-state index contributed by atoms with van der Waals surface area (Å²) < 4.78 is 0.853. The van der Waals surface area contributed by atoms with Gasteiger partial charge in [-0.3, -0.25) is 0 Å². The highest BCUT2D eigenvalue weighted by atomic mass is 32.2. The van der Waals surface area contributed by atoms with Crippen molar-refractivity contribution in [2.45, 2.75) is 14.1 Å². The topological polar surface area (TPSA) is 50.2 Å². The number of hydrogen-bond donors (Lipinski definition) is 1. The predicted molar refractivity (Wildman–Crippen MR) is 71.4 cm³/mol. The van der Waals surface area contributed by atoms with E-state index >= 15 is 0 Å². The molecule has 0 saturated carbocycles. The van der Waals surface area contributed by atoms with Gasteiger partial charge in [0.15, 0.2) is 4.34 Å². The SMILES string of the molecule is CSc1cccc(Sc2nccs2)c1C(=O)O. The lowest BCUT2D eigenvalue weighted by atomic mass is 10.2. The van der Waals surface area contributed by atoms with E-state index in [2.05, 4.69) is 4.98 Å². The molecule has 0 spiro atoms. The molecule has 1 N–H and O–H groups in total. The van der Waals surface area contributed by atoms with Crippen LogP contribution in [-0.2, 0) is 0 Å². The number of benzene rings is 1. The minimum absolute atomic E-state index is 0.361. The van der Waals surface area contributed by atoms with E-state index in [1.807, 2.05) is 29.8 Å². The molecule has 0 aliphatic heterocycles. The maximum Gasteiger partial charge on any atom is 0.337 e. The summed E-state index contributed by atoms with van der Waals surface area (Å²) in [5, 5.41) is 11.1. The lowest BCUT2D eigenvalue weighted by Gasteiger charge is -2.07. The summed E-state index contributed by atoms with van der Waals surface area (Å²) >= 11 is 4.34. The molecule has 0 fully saturated rings. The first-order valence-electron chi connectivity index (χ1n) is 4.70. The number of aromatic carboxylic acids is 1. The summed E-state index contributed by atoms with van der Waals surface area (Å²) in [4.78, 5) is 16.9. The summed E-state index contributed by atoms with van der Waals surface area (Å²) in [6, 6.07) is 5.50. The molecule has 2 aromatic rings. The van der Waals surface area contributed by atoms with Gasteiger partial charge in [-0.05, 0) is 18.4 Å². The number of thiazole rings is 1. The molecule has 1 heterocycles. The molecule has 3 nitrogen and oxygen atoms in total. The zero-order valence-electron chi connectivity index (χ0n) is 8.91. The van der Waals surface area contributed by atoms with E-state index in [-0.39, 0.29) is 0 Å². The van der Waals surface area contributed by atoms with Gasteiger partial charge in [-0.2, -0.15) is 0 Å². The third-order valence-electron chi connectivity index (χ3n) is 2.03. The maximum atomic E-state index is 11.3. The lowest BCUT2D eigenvalue weighted by Crippen LogP contribution is -2.01. The third kappa shape index (κ3) is 2.83. The van der Waals surface area contributed by atoms with Gasteiger partial charge in [-0.25, -0.2) is 9.78 Å². The number of thioether (sulfide) groups is 1. The van der Waals surface area contributed by atoms with Crippen molar-refractivity contribution < 1.29 is 9.90 Å². The number of hydrogen-bond acceptors (Lipinski definition) is 5. The Labute approximate surface area is 111 Å². The van der Waals surface area contributed by atoms with Crippen molar-refractivity contribution in [3.63, 3.8) is 0 Å². The van der Waals surface area contributed by atoms with Crippen LogP contribution in [0.5, 0.6) is 0 Å². The number of carboxylic acids is 1. The van der Waals surface area contributed by atoms with Crippen molar-refractivity contribution in [3.05, 3.63) is 35.3 Å². The molecule has 0 aliphatic rings. The average molecular weight is 283 g/mol. The predicted octanol–water partition coefficient (Wildman–Crippen LogP) is 3.71. The fourth-order valence-corrected chi connectivity index (χ4v) is 3.75. The monoisotopic (exact) mass is 283 g/mol. The van der Waals surface area contributed by atoms with Crippen LogP contribution in [0, 0.1) is 0 Å². The van der Waals surface area contributed by atoms with E-state index in [4.69, 9.17) is 0 Å². The molecule has 1 aromatic carbocycles. The van der Waals surface area contributed by atoms with Gasteiger partial charge in [0.25, 0.3) is 0 Å². The van der Waals surface area contributed by atoms with Crippen molar-refractivity contribution >= 4 is 40.8 Å². The maximum absolute atomic E-state index is 11.3. The van der Waals surface area contributed by atoms with Crippen molar-refractivity contribution in [2.24, 2.45) is 0 Å². The standard InChI is InChI=1S/C11H9NO2S3/c1-15-7-3-2-4-8(9(7)10(13)14)17-11-12-5-6-16-11/h2-6H,1H3,(H,13,14). The minimum atomic E-state index is -0.894. The second-order valence-electron chi connectivity index (χ2n) is 3.04. The molecule has 6 heteroatoms.